The van der Waals surface area contributed by atoms with Gasteiger partial charge in [0.2, 0.25) is 0 Å². The van der Waals surface area contributed by atoms with Gasteiger partial charge in [-0.25, -0.2) is 14.4 Å². The van der Waals surface area contributed by atoms with Crippen LogP contribution in [0.15, 0.2) is 24.3 Å². The van der Waals surface area contributed by atoms with Crippen molar-refractivity contribution in [3.8, 4) is 11.3 Å². The van der Waals surface area contributed by atoms with Crippen molar-refractivity contribution in [2.45, 2.75) is 46.6 Å². The SMILES string of the molecule is CCCNCc1nc(C(C)C)nc(-c2ccc(F)cc2)c1C. The topological polar surface area (TPSA) is 37.8 Å². The fourth-order valence-electron chi connectivity index (χ4n) is 2.28. The Morgan fingerprint density at radius 3 is 2.41 bits per heavy atom. The number of nitrogens with zero attached hydrogens (tertiary/aromatic N) is 2. The van der Waals surface area contributed by atoms with Gasteiger partial charge in [0.25, 0.3) is 0 Å². The molecule has 2 aromatic rings. The van der Waals surface area contributed by atoms with Crippen molar-refractivity contribution < 1.29 is 4.39 Å². The molecule has 3 nitrogen and oxygen atoms in total. The molecule has 22 heavy (non-hydrogen) atoms. The number of rotatable bonds is 6. The normalized spacial score (nSPS) is 11.2. The van der Waals surface area contributed by atoms with E-state index in [-0.39, 0.29) is 11.7 Å². The summed E-state index contributed by atoms with van der Waals surface area (Å²) < 4.78 is 13.2. The van der Waals surface area contributed by atoms with Gasteiger partial charge in [0, 0.05) is 18.0 Å². The first-order valence-electron chi connectivity index (χ1n) is 7.87. The minimum absolute atomic E-state index is 0.232. The van der Waals surface area contributed by atoms with Crippen LogP contribution in [0, 0.1) is 12.7 Å². The van der Waals surface area contributed by atoms with Gasteiger partial charge in [0.1, 0.15) is 11.6 Å². The predicted molar refractivity (Wildman–Crippen MR) is 88.2 cm³/mol. The Morgan fingerprint density at radius 2 is 1.82 bits per heavy atom. The molecular formula is C18H24FN3. The Morgan fingerprint density at radius 1 is 1.14 bits per heavy atom. The van der Waals surface area contributed by atoms with E-state index in [4.69, 9.17) is 9.97 Å². The van der Waals surface area contributed by atoms with Gasteiger partial charge in [-0.1, -0.05) is 20.8 Å². The van der Waals surface area contributed by atoms with Crippen molar-refractivity contribution in [1.29, 1.82) is 0 Å². The van der Waals surface area contributed by atoms with Gasteiger partial charge in [-0.15, -0.1) is 0 Å². The zero-order valence-electron chi connectivity index (χ0n) is 13.8. The third-order valence-electron chi connectivity index (χ3n) is 3.62. The van der Waals surface area contributed by atoms with Crippen LogP contribution in [0.3, 0.4) is 0 Å². The van der Waals surface area contributed by atoms with Gasteiger partial charge >= 0.3 is 0 Å². The summed E-state index contributed by atoms with van der Waals surface area (Å²) in [7, 11) is 0. The van der Waals surface area contributed by atoms with E-state index in [9.17, 15) is 4.39 Å². The summed E-state index contributed by atoms with van der Waals surface area (Å²) in [6, 6.07) is 6.50. The molecule has 118 valence electrons. The standard InChI is InChI=1S/C18H24FN3/c1-5-10-20-11-16-13(4)17(22-18(21-16)12(2)3)14-6-8-15(19)9-7-14/h6-9,12,20H,5,10-11H2,1-4H3. The molecule has 1 aromatic carbocycles. The van der Waals surface area contributed by atoms with Crippen LogP contribution < -0.4 is 5.32 Å². The fraction of sp³-hybridized carbons (Fsp3) is 0.444. The van der Waals surface area contributed by atoms with E-state index in [2.05, 4.69) is 26.1 Å². The first kappa shape index (κ1) is 16.6. The highest BCUT2D eigenvalue weighted by Gasteiger charge is 2.14. The van der Waals surface area contributed by atoms with Gasteiger partial charge in [0.15, 0.2) is 0 Å². The summed E-state index contributed by atoms with van der Waals surface area (Å²) in [6.45, 7) is 10.0. The molecule has 0 spiro atoms. The van der Waals surface area contributed by atoms with E-state index in [1.54, 1.807) is 12.1 Å². The first-order valence-corrected chi connectivity index (χ1v) is 7.87. The average Bonchev–Trinajstić information content (AvgIpc) is 2.50. The van der Waals surface area contributed by atoms with Crippen LogP contribution in [0.25, 0.3) is 11.3 Å². The maximum Gasteiger partial charge on any atom is 0.131 e. The second-order valence-electron chi connectivity index (χ2n) is 5.84. The molecule has 0 bridgehead atoms. The number of hydrogen-bond donors (Lipinski definition) is 1. The van der Waals surface area contributed by atoms with E-state index in [1.165, 1.54) is 12.1 Å². The molecular weight excluding hydrogens is 277 g/mol. The quantitative estimate of drug-likeness (QED) is 0.812. The van der Waals surface area contributed by atoms with Crippen molar-refractivity contribution in [1.82, 2.24) is 15.3 Å². The van der Waals surface area contributed by atoms with Crippen LogP contribution in [0.4, 0.5) is 4.39 Å². The number of nitrogens with one attached hydrogen (secondary N) is 1. The van der Waals surface area contributed by atoms with E-state index < -0.39 is 0 Å². The maximum atomic E-state index is 13.2. The number of halogens is 1. The number of benzene rings is 1. The third kappa shape index (κ3) is 3.89. The van der Waals surface area contributed by atoms with Crippen LogP contribution in [0.5, 0.6) is 0 Å². The number of hydrogen-bond acceptors (Lipinski definition) is 3. The molecule has 1 N–H and O–H groups in total. The lowest BCUT2D eigenvalue weighted by molar-refractivity contribution is 0.628. The van der Waals surface area contributed by atoms with E-state index in [1.807, 2.05) is 6.92 Å². The first-order chi connectivity index (χ1) is 10.5. The largest absolute Gasteiger partial charge is 0.311 e. The van der Waals surface area contributed by atoms with E-state index >= 15 is 0 Å². The highest BCUT2D eigenvalue weighted by atomic mass is 19.1. The summed E-state index contributed by atoms with van der Waals surface area (Å²) in [5, 5.41) is 3.40. The Kier molecular flexibility index (Phi) is 5.61. The molecule has 1 heterocycles. The van der Waals surface area contributed by atoms with Crippen molar-refractivity contribution in [3.05, 3.63) is 47.2 Å². The second-order valence-corrected chi connectivity index (χ2v) is 5.84. The molecule has 4 heteroatoms. The van der Waals surface area contributed by atoms with Crippen LogP contribution >= 0.6 is 0 Å². The third-order valence-corrected chi connectivity index (χ3v) is 3.62. The average molecular weight is 301 g/mol. The Balaban J connectivity index is 2.44. The zero-order chi connectivity index (χ0) is 16.1. The van der Waals surface area contributed by atoms with Gasteiger partial charge in [-0.3, -0.25) is 0 Å². The minimum atomic E-state index is -0.232. The minimum Gasteiger partial charge on any atom is -0.311 e. The summed E-state index contributed by atoms with van der Waals surface area (Å²) in [6.07, 6.45) is 1.09. The highest BCUT2D eigenvalue weighted by molar-refractivity contribution is 5.63. The molecule has 2 rings (SSSR count). The smallest absolute Gasteiger partial charge is 0.131 e. The molecule has 0 fully saturated rings. The summed E-state index contributed by atoms with van der Waals surface area (Å²) in [5.74, 6) is 0.854. The molecule has 0 atom stereocenters. The summed E-state index contributed by atoms with van der Waals surface area (Å²) >= 11 is 0. The molecule has 1 aromatic heterocycles. The maximum absolute atomic E-state index is 13.2. The molecule has 0 aliphatic rings. The van der Waals surface area contributed by atoms with Gasteiger partial charge < -0.3 is 5.32 Å². The molecule has 0 unspecified atom stereocenters. The second kappa shape index (κ2) is 7.45. The monoisotopic (exact) mass is 301 g/mol. The Labute approximate surface area is 132 Å². The van der Waals surface area contributed by atoms with Crippen LogP contribution in [0.2, 0.25) is 0 Å². The Bertz CT molecular complexity index is 621. The fourth-order valence-corrected chi connectivity index (χ4v) is 2.28. The molecule has 0 saturated carbocycles. The van der Waals surface area contributed by atoms with Crippen LogP contribution in [0.1, 0.15) is 50.2 Å². The van der Waals surface area contributed by atoms with E-state index in [0.717, 1.165) is 47.8 Å². The van der Waals surface area contributed by atoms with Crippen molar-refractivity contribution in [2.24, 2.45) is 0 Å². The summed E-state index contributed by atoms with van der Waals surface area (Å²) in [5.41, 5.74) is 3.90. The van der Waals surface area contributed by atoms with Gasteiger partial charge in [0.05, 0.1) is 11.4 Å². The van der Waals surface area contributed by atoms with Gasteiger partial charge in [-0.05, 0) is 49.7 Å². The molecule has 0 amide bonds. The van der Waals surface area contributed by atoms with Crippen LogP contribution in [-0.4, -0.2) is 16.5 Å². The predicted octanol–water partition coefficient (Wildman–Crippen LogP) is 4.21. The molecule has 0 saturated heterocycles. The number of aromatic nitrogens is 2. The highest BCUT2D eigenvalue weighted by Crippen LogP contribution is 2.25. The van der Waals surface area contributed by atoms with Crippen LogP contribution in [-0.2, 0) is 6.54 Å². The zero-order valence-corrected chi connectivity index (χ0v) is 13.8. The van der Waals surface area contributed by atoms with Crippen molar-refractivity contribution in [3.63, 3.8) is 0 Å². The lowest BCUT2D eigenvalue weighted by Gasteiger charge is -2.15. The lowest BCUT2D eigenvalue weighted by Crippen LogP contribution is -2.17. The lowest BCUT2D eigenvalue weighted by atomic mass is 10.0. The molecule has 0 aliphatic heterocycles. The summed E-state index contributed by atoms with van der Waals surface area (Å²) in [4.78, 5) is 9.40. The molecule has 0 radical (unpaired) electrons. The van der Waals surface area contributed by atoms with Gasteiger partial charge in [-0.2, -0.15) is 0 Å². The van der Waals surface area contributed by atoms with E-state index in [0.29, 0.717) is 0 Å². The van der Waals surface area contributed by atoms with Crippen molar-refractivity contribution >= 4 is 0 Å². The molecule has 0 aliphatic carbocycles. The van der Waals surface area contributed by atoms with Crippen molar-refractivity contribution in [2.75, 3.05) is 6.54 Å². The Hall–Kier alpha value is -1.81.